The zero-order valence-electron chi connectivity index (χ0n) is 19.1. The van der Waals surface area contributed by atoms with Crippen LogP contribution in [0.3, 0.4) is 0 Å². The van der Waals surface area contributed by atoms with Crippen molar-refractivity contribution in [1.29, 1.82) is 0 Å². The lowest BCUT2D eigenvalue weighted by atomic mass is 10.1. The highest BCUT2D eigenvalue weighted by Crippen LogP contribution is 2.34. The van der Waals surface area contributed by atoms with Crippen LogP contribution in [0.5, 0.6) is 11.5 Å². The van der Waals surface area contributed by atoms with E-state index in [9.17, 15) is 9.59 Å². The fourth-order valence-electron chi connectivity index (χ4n) is 4.42. The highest BCUT2D eigenvalue weighted by Gasteiger charge is 2.36. The van der Waals surface area contributed by atoms with E-state index in [0.29, 0.717) is 17.1 Å². The van der Waals surface area contributed by atoms with Crippen LogP contribution in [0.1, 0.15) is 25.0 Å². The Labute approximate surface area is 202 Å². The first-order valence-electron chi connectivity index (χ1n) is 11.6. The molecule has 0 N–H and O–H groups in total. The van der Waals surface area contributed by atoms with Gasteiger partial charge in [0, 0.05) is 24.0 Å². The number of hydrogen-bond donors (Lipinski definition) is 0. The fraction of sp³-hybridized carbons (Fsp3) is 0.346. The molecule has 1 saturated heterocycles. The first-order chi connectivity index (χ1) is 16.6. The number of piperidine rings is 1. The van der Waals surface area contributed by atoms with E-state index >= 15 is 0 Å². The third-order valence-electron chi connectivity index (χ3n) is 6.24. The number of benzene rings is 2. The maximum atomic E-state index is 13.4. The number of hydrogen-bond acceptors (Lipinski definition) is 6. The highest BCUT2D eigenvalue weighted by molar-refractivity contribution is 7.13. The Morgan fingerprint density at radius 1 is 1.09 bits per heavy atom. The molecule has 0 radical (unpaired) electrons. The molecule has 2 aliphatic heterocycles. The molecule has 176 valence electrons. The summed E-state index contributed by atoms with van der Waals surface area (Å²) >= 11 is 1.51. The van der Waals surface area contributed by atoms with Gasteiger partial charge in [0.25, 0.3) is 5.91 Å². The number of ether oxygens (including phenoxy) is 2. The van der Waals surface area contributed by atoms with E-state index < -0.39 is 6.10 Å². The van der Waals surface area contributed by atoms with Gasteiger partial charge in [0.15, 0.2) is 6.10 Å². The van der Waals surface area contributed by atoms with Gasteiger partial charge in [-0.2, -0.15) is 0 Å². The molecule has 34 heavy (non-hydrogen) atoms. The number of aromatic nitrogens is 1. The number of thiazole rings is 1. The van der Waals surface area contributed by atoms with Crippen molar-refractivity contribution in [3.05, 3.63) is 59.6 Å². The van der Waals surface area contributed by atoms with Gasteiger partial charge in [-0.1, -0.05) is 12.1 Å². The average Bonchev–Trinajstić information content (AvgIpc) is 3.36. The summed E-state index contributed by atoms with van der Waals surface area (Å²) in [6, 6.07) is 15.1. The molecule has 5 rings (SSSR count). The van der Waals surface area contributed by atoms with Crippen LogP contribution >= 0.6 is 11.3 Å². The summed E-state index contributed by atoms with van der Waals surface area (Å²) in [4.78, 5) is 34.8. The van der Waals surface area contributed by atoms with E-state index in [1.165, 1.54) is 11.3 Å². The van der Waals surface area contributed by atoms with Crippen LogP contribution in [0.4, 0.5) is 5.69 Å². The van der Waals surface area contributed by atoms with Gasteiger partial charge in [0.2, 0.25) is 5.91 Å². The van der Waals surface area contributed by atoms with Gasteiger partial charge in [-0.05, 0) is 55.7 Å². The molecule has 3 heterocycles. The zero-order valence-corrected chi connectivity index (χ0v) is 19.9. The van der Waals surface area contributed by atoms with Crippen molar-refractivity contribution in [2.24, 2.45) is 0 Å². The Morgan fingerprint density at radius 2 is 1.85 bits per heavy atom. The maximum Gasteiger partial charge on any atom is 0.265 e. The van der Waals surface area contributed by atoms with Crippen molar-refractivity contribution in [2.75, 3.05) is 31.6 Å². The minimum absolute atomic E-state index is 0.0394. The van der Waals surface area contributed by atoms with Gasteiger partial charge < -0.3 is 19.3 Å². The zero-order chi connectivity index (χ0) is 23.5. The summed E-state index contributed by atoms with van der Waals surface area (Å²) < 4.78 is 11.3. The number of carbonyl (C=O) groups is 2. The molecule has 0 spiro atoms. The van der Waals surface area contributed by atoms with E-state index in [4.69, 9.17) is 9.47 Å². The van der Waals surface area contributed by atoms with Gasteiger partial charge in [0.05, 0.1) is 31.5 Å². The number of likely N-dealkylation sites (tertiary alicyclic amines) is 1. The summed E-state index contributed by atoms with van der Waals surface area (Å²) in [5, 5.41) is 2.77. The van der Waals surface area contributed by atoms with Crippen molar-refractivity contribution < 1.29 is 19.1 Å². The van der Waals surface area contributed by atoms with Crippen molar-refractivity contribution in [2.45, 2.75) is 31.8 Å². The van der Waals surface area contributed by atoms with Crippen LogP contribution < -0.4 is 14.4 Å². The summed E-state index contributed by atoms with van der Waals surface area (Å²) in [6.45, 7) is 1.71. The second-order valence-electron chi connectivity index (χ2n) is 8.51. The molecule has 2 aromatic carbocycles. The highest BCUT2D eigenvalue weighted by atomic mass is 32.1. The number of nitrogens with zero attached hydrogens (tertiary/aromatic N) is 3. The number of methoxy groups -OCH3 is 1. The van der Waals surface area contributed by atoms with Crippen LogP contribution in [0.2, 0.25) is 0 Å². The molecule has 0 unspecified atom stereocenters. The van der Waals surface area contributed by atoms with Crippen molar-refractivity contribution in [3.8, 4) is 22.1 Å². The van der Waals surface area contributed by atoms with E-state index in [1.54, 1.807) is 12.0 Å². The van der Waals surface area contributed by atoms with Crippen molar-refractivity contribution >= 4 is 28.8 Å². The van der Waals surface area contributed by atoms with Crippen LogP contribution in [0.15, 0.2) is 53.9 Å². The largest absolute Gasteiger partial charge is 0.497 e. The summed E-state index contributed by atoms with van der Waals surface area (Å²) in [5.74, 6) is 1.21. The van der Waals surface area contributed by atoms with E-state index in [2.05, 4.69) is 4.98 Å². The lowest BCUT2D eigenvalue weighted by Crippen LogP contribution is -2.53. The number of fused-ring (bicyclic) bond motifs is 1. The number of amides is 2. The lowest BCUT2D eigenvalue weighted by molar-refractivity contribution is -0.139. The first kappa shape index (κ1) is 22.4. The molecule has 0 bridgehead atoms. The van der Waals surface area contributed by atoms with Gasteiger partial charge in [-0.15, -0.1) is 11.3 Å². The topological polar surface area (TPSA) is 72.0 Å². The Balaban J connectivity index is 1.33. The summed E-state index contributed by atoms with van der Waals surface area (Å²) in [5.41, 5.74) is 2.39. The van der Waals surface area contributed by atoms with Gasteiger partial charge >= 0.3 is 0 Å². The lowest BCUT2D eigenvalue weighted by Gasteiger charge is -2.37. The quantitative estimate of drug-likeness (QED) is 0.552. The predicted octanol–water partition coefficient (Wildman–Crippen LogP) is 4.17. The maximum absolute atomic E-state index is 13.4. The van der Waals surface area contributed by atoms with Crippen molar-refractivity contribution in [3.63, 3.8) is 0 Å². The predicted molar refractivity (Wildman–Crippen MR) is 131 cm³/mol. The molecule has 7 nitrogen and oxygen atoms in total. The second-order valence-corrected chi connectivity index (χ2v) is 9.37. The molecule has 1 fully saturated rings. The molecule has 0 aliphatic carbocycles. The minimum atomic E-state index is -0.692. The third kappa shape index (κ3) is 4.63. The SMILES string of the molecule is COc1ccc(-c2nc(CC(=O)N3C[C@@H](C(=O)N4CCCCC4)Oc4ccccc43)cs2)cc1. The Morgan fingerprint density at radius 3 is 2.62 bits per heavy atom. The Kier molecular flexibility index (Phi) is 6.49. The van der Waals surface area contributed by atoms with Crippen LogP contribution in [0, 0.1) is 0 Å². The van der Waals surface area contributed by atoms with Gasteiger partial charge in [-0.25, -0.2) is 4.98 Å². The molecule has 3 aromatic rings. The van der Waals surface area contributed by atoms with Crippen LogP contribution in [-0.4, -0.2) is 54.5 Å². The number of para-hydroxylation sites is 2. The Bertz CT molecular complexity index is 1170. The molecule has 8 heteroatoms. The third-order valence-corrected chi connectivity index (χ3v) is 7.18. The first-order valence-corrected chi connectivity index (χ1v) is 12.4. The minimum Gasteiger partial charge on any atom is -0.497 e. The molecule has 1 atom stereocenters. The van der Waals surface area contributed by atoms with Crippen LogP contribution in [-0.2, 0) is 16.0 Å². The molecule has 1 aromatic heterocycles. The number of anilines is 1. The Hall–Kier alpha value is -3.39. The van der Waals surface area contributed by atoms with Crippen molar-refractivity contribution in [1.82, 2.24) is 9.88 Å². The molecule has 2 aliphatic rings. The van der Waals surface area contributed by atoms with Gasteiger partial charge in [-0.3, -0.25) is 9.59 Å². The van der Waals surface area contributed by atoms with E-state index in [1.807, 2.05) is 58.8 Å². The monoisotopic (exact) mass is 477 g/mol. The molecule has 2 amide bonds. The van der Waals surface area contributed by atoms with E-state index in [-0.39, 0.29) is 24.8 Å². The van der Waals surface area contributed by atoms with E-state index in [0.717, 1.165) is 48.7 Å². The molecule has 0 saturated carbocycles. The number of carbonyl (C=O) groups excluding carboxylic acids is 2. The van der Waals surface area contributed by atoms with Crippen LogP contribution in [0.25, 0.3) is 10.6 Å². The number of rotatable bonds is 5. The fourth-order valence-corrected chi connectivity index (χ4v) is 5.25. The smallest absolute Gasteiger partial charge is 0.265 e. The normalized spacial score (nSPS) is 17.6. The molecular formula is C26H27N3O4S. The second kappa shape index (κ2) is 9.85. The summed E-state index contributed by atoms with van der Waals surface area (Å²) in [7, 11) is 1.64. The standard InChI is InChI=1S/C26H27N3O4S/c1-32-20-11-9-18(10-12-20)25-27-19(17-34-25)15-24(30)29-16-23(26(31)28-13-5-2-6-14-28)33-22-8-4-3-7-21(22)29/h3-4,7-12,17,23H,2,5-6,13-16H2,1H3/t23-/m0/s1. The summed E-state index contributed by atoms with van der Waals surface area (Å²) in [6.07, 6.45) is 2.64. The molecular weight excluding hydrogens is 450 g/mol. The average molecular weight is 478 g/mol. The van der Waals surface area contributed by atoms with Gasteiger partial charge in [0.1, 0.15) is 16.5 Å².